The van der Waals surface area contributed by atoms with Crippen LogP contribution in [-0.4, -0.2) is 11.9 Å². The number of rotatable bonds is 1. The van der Waals surface area contributed by atoms with E-state index in [-0.39, 0.29) is 17.6 Å². The quantitative estimate of drug-likeness (QED) is 0.506. The highest BCUT2D eigenvalue weighted by Crippen LogP contribution is 2.25. The van der Waals surface area contributed by atoms with Crippen molar-refractivity contribution in [3.8, 4) is 0 Å². The van der Waals surface area contributed by atoms with Crippen LogP contribution in [0.25, 0.3) is 0 Å². The molecule has 0 fully saturated rings. The molecule has 0 aromatic heterocycles. The molecule has 0 aliphatic carbocycles. The number of aliphatic imine (C=N–C) groups is 2. The highest BCUT2D eigenvalue weighted by molar-refractivity contribution is 6.31. The van der Waals surface area contributed by atoms with Crippen molar-refractivity contribution in [3.63, 3.8) is 0 Å². The Morgan fingerprint density at radius 2 is 1.94 bits per heavy atom. The minimum atomic E-state index is -0.546. The van der Waals surface area contributed by atoms with E-state index >= 15 is 0 Å². The smallest absolute Gasteiger partial charge is 0.223 e. The van der Waals surface area contributed by atoms with Crippen molar-refractivity contribution in [2.24, 2.45) is 27.2 Å². The van der Waals surface area contributed by atoms with Crippen molar-refractivity contribution < 1.29 is 4.39 Å². The van der Waals surface area contributed by atoms with Gasteiger partial charge in [-0.3, -0.25) is 0 Å². The van der Waals surface area contributed by atoms with Crippen LogP contribution in [0.5, 0.6) is 0 Å². The number of aryl methyl sites for hydroxylation is 1. The van der Waals surface area contributed by atoms with E-state index in [0.717, 1.165) is 0 Å². The summed E-state index contributed by atoms with van der Waals surface area (Å²) >= 11 is 5.81. The van der Waals surface area contributed by atoms with Gasteiger partial charge in [-0.15, -0.1) is 0 Å². The summed E-state index contributed by atoms with van der Waals surface area (Å²) in [4.78, 5) is 7.14. The molecule has 1 aromatic carbocycles. The number of halogens is 2. The molecule has 5 nitrogen and oxygen atoms in total. The molecule has 0 atom stereocenters. The van der Waals surface area contributed by atoms with Gasteiger partial charge >= 0.3 is 0 Å². The molecule has 1 rings (SSSR count). The van der Waals surface area contributed by atoms with Gasteiger partial charge in [0.25, 0.3) is 0 Å². The van der Waals surface area contributed by atoms with E-state index in [2.05, 4.69) is 9.98 Å². The fourth-order valence-corrected chi connectivity index (χ4v) is 1.16. The van der Waals surface area contributed by atoms with E-state index in [1.54, 1.807) is 6.92 Å². The fraction of sp³-hybridized carbons (Fsp3) is 0.111. The van der Waals surface area contributed by atoms with Gasteiger partial charge in [-0.05, 0) is 24.6 Å². The zero-order valence-electron chi connectivity index (χ0n) is 8.54. The molecule has 0 aliphatic heterocycles. The van der Waals surface area contributed by atoms with Crippen LogP contribution in [0.15, 0.2) is 22.1 Å². The van der Waals surface area contributed by atoms with E-state index in [1.807, 2.05) is 0 Å². The second-order valence-corrected chi connectivity index (χ2v) is 3.47. The summed E-state index contributed by atoms with van der Waals surface area (Å²) in [7, 11) is 0. The predicted octanol–water partition coefficient (Wildman–Crippen LogP) is 1.01. The molecule has 0 aliphatic rings. The summed E-state index contributed by atoms with van der Waals surface area (Å²) in [6.45, 7) is 1.68. The Hall–Kier alpha value is -1.82. The van der Waals surface area contributed by atoms with Crippen LogP contribution in [0.3, 0.4) is 0 Å². The van der Waals surface area contributed by atoms with E-state index < -0.39 is 5.82 Å². The molecule has 0 amide bonds. The van der Waals surface area contributed by atoms with E-state index in [1.165, 1.54) is 12.1 Å². The number of guanidine groups is 2. The minimum Gasteiger partial charge on any atom is -0.370 e. The fourth-order valence-electron chi connectivity index (χ4n) is 1.00. The molecular weight excluding hydrogens is 233 g/mol. The molecule has 6 N–H and O–H groups in total. The number of hydrogen-bond donors (Lipinski definition) is 3. The van der Waals surface area contributed by atoms with Crippen LogP contribution in [0, 0.1) is 12.7 Å². The van der Waals surface area contributed by atoms with Gasteiger partial charge in [-0.25, -0.2) is 9.38 Å². The average Bonchev–Trinajstić information content (AvgIpc) is 2.12. The van der Waals surface area contributed by atoms with Crippen molar-refractivity contribution in [1.82, 2.24) is 0 Å². The van der Waals surface area contributed by atoms with E-state index in [0.29, 0.717) is 10.6 Å². The molecule has 1 aromatic rings. The Morgan fingerprint density at radius 3 is 2.50 bits per heavy atom. The van der Waals surface area contributed by atoms with Gasteiger partial charge in [0.2, 0.25) is 5.96 Å². The van der Waals surface area contributed by atoms with Gasteiger partial charge in [0.15, 0.2) is 5.96 Å². The molecule has 0 spiro atoms. The summed E-state index contributed by atoms with van der Waals surface area (Å²) < 4.78 is 13.4. The highest BCUT2D eigenvalue weighted by Gasteiger charge is 2.05. The van der Waals surface area contributed by atoms with Crippen molar-refractivity contribution in [3.05, 3.63) is 28.5 Å². The van der Waals surface area contributed by atoms with Gasteiger partial charge in [-0.1, -0.05) is 11.6 Å². The van der Waals surface area contributed by atoms with Crippen LogP contribution < -0.4 is 17.2 Å². The van der Waals surface area contributed by atoms with E-state index in [4.69, 9.17) is 28.8 Å². The Balaban J connectivity index is 3.15. The SMILES string of the molecule is Cc1cc(F)c(N=C(N)N=C(N)N)cc1Cl. The molecule has 7 heteroatoms. The van der Waals surface area contributed by atoms with E-state index in [9.17, 15) is 4.39 Å². The standard InChI is InChI=1S/C9H11ClFN5/c1-4-2-6(11)7(3-5(4)10)15-9(14)16-8(12)13/h2-3H,1H3,(H6,12,13,14,15,16). The molecular formula is C9H11ClFN5. The van der Waals surface area contributed by atoms with Crippen LogP contribution in [0.1, 0.15) is 5.56 Å². The first-order chi connectivity index (χ1) is 7.40. The Labute approximate surface area is 96.8 Å². The normalized spacial score (nSPS) is 11.3. The summed E-state index contributed by atoms with van der Waals surface area (Å²) in [5.74, 6) is -1.03. The maximum Gasteiger partial charge on any atom is 0.223 e. The summed E-state index contributed by atoms with van der Waals surface area (Å²) in [5, 5.41) is 0.387. The summed E-state index contributed by atoms with van der Waals surface area (Å²) in [6.07, 6.45) is 0. The Bertz CT molecular complexity index is 465. The molecule has 0 radical (unpaired) electrons. The third kappa shape index (κ3) is 3.09. The van der Waals surface area contributed by atoms with Gasteiger partial charge < -0.3 is 17.2 Å². The molecule has 0 saturated heterocycles. The van der Waals surface area contributed by atoms with Crippen LogP contribution in [0.4, 0.5) is 10.1 Å². The average molecular weight is 244 g/mol. The largest absolute Gasteiger partial charge is 0.370 e. The maximum absolute atomic E-state index is 13.4. The monoisotopic (exact) mass is 243 g/mol. The summed E-state index contributed by atoms with van der Waals surface area (Å²) in [5.41, 5.74) is 16.1. The van der Waals surface area contributed by atoms with Gasteiger partial charge in [0.05, 0.1) is 0 Å². The van der Waals surface area contributed by atoms with Crippen molar-refractivity contribution in [2.45, 2.75) is 6.92 Å². The molecule has 0 saturated carbocycles. The minimum absolute atomic E-state index is 0.0156. The van der Waals surface area contributed by atoms with Crippen molar-refractivity contribution in [2.75, 3.05) is 0 Å². The lowest BCUT2D eigenvalue weighted by Crippen LogP contribution is -2.26. The molecule has 0 unspecified atom stereocenters. The number of nitrogens with two attached hydrogens (primary N) is 3. The topological polar surface area (TPSA) is 103 Å². The van der Waals surface area contributed by atoms with Crippen LogP contribution >= 0.6 is 11.6 Å². The van der Waals surface area contributed by atoms with Crippen LogP contribution in [0.2, 0.25) is 5.02 Å². The van der Waals surface area contributed by atoms with Gasteiger partial charge in [0, 0.05) is 5.02 Å². The maximum atomic E-state index is 13.4. The lowest BCUT2D eigenvalue weighted by molar-refractivity contribution is 0.628. The first kappa shape index (κ1) is 12.3. The Morgan fingerprint density at radius 1 is 1.31 bits per heavy atom. The number of nitrogens with zero attached hydrogens (tertiary/aromatic N) is 2. The third-order valence-electron chi connectivity index (χ3n) is 1.71. The zero-order valence-corrected chi connectivity index (χ0v) is 9.29. The Kier molecular flexibility index (Phi) is 3.68. The zero-order chi connectivity index (χ0) is 12.3. The second kappa shape index (κ2) is 4.80. The van der Waals surface area contributed by atoms with Crippen molar-refractivity contribution in [1.29, 1.82) is 0 Å². The summed E-state index contributed by atoms with van der Waals surface area (Å²) in [6, 6.07) is 2.60. The van der Waals surface area contributed by atoms with Crippen LogP contribution in [-0.2, 0) is 0 Å². The number of hydrogen-bond acceptors (Lipinski definition) is 1. The molecule has 86 valence electrons. The first-order valence-corrected chi connectivity index (χ1v) is 4.67. The lowest BCUT2D eigenvalue weighted by atomic mass is 10.2. The van der Waals surface area contributed by atoms with Gasteiger partial charge in [0.1, 0.15) is 11.5 Å². The molecule has 0 heterocycles. The first-order valence-electron chi connectivity index (χ1n) is 4.29. The number of benzene rings is 1. The highest BCUT2D eigenvalue weighted by atomic mass is 35.5. The van der Waals surface area contributed by atoms with Crippen molar-refractivity contribution >= 4 is 29.2 Å². The predicted molar refractivity (Wildman–Crippen MR) is 63.2 cm³/mol. The lowest BCUT2D eigenvalue weighted by Gasteiger charge is -2.02. The second-order valence-electron chi connectivity index (χ2n) is 3.06. The molecule has 0 bridgehead atoms. The molecule has 16 heavy (non-hydrogen) atoms. The van der Waals surface area contributed by atoms with Gasteiger partial charge in [-0.2, -0.15) is 4.99 Å². The third-order valence-corrected chi connectivity index (χ3v) is 2.11.